The zero-order valence-corrected chi connectivity index (χ0v) is 11.8. The number of Topliss-reactive ketones (excluding diaryl/α,β-unsaturated/α-hetero) is 1. The van der Waals surface area contributed by atoms with Gasteiger partial charge in [-0.1, -0.05) is 20.8 Å². The molecular weight excluding hydrogens is 244 g/mol. The number of rotatable bonds is 6. The minimum Gasteiger partial charge on any atom is -0.467 e. The van der Waals surface area contributed by atoms with E-state index in [0.29, 0.717) is 17.8 Å². The number of hydrogen-bond donors (Lipinski definition) is 1. The molecule has 1 aromatic heterocycles. The van der Waals surface area contributed by atoms with Crippen molar-refractivity contribution in [2.24, 2.45) is 5.92 Å². The molecule has 0 radical (unpaired) electrons. The van der Waals surface area contributed by atoms with Gasteiger partial charge in [-0.2, -0.15) is 0 Å². The van der Waals surface area contributed by atoms with E-state index in [9.17, 15) is 9.59 Å². The van der Waals surface area contributed by atoms with Crippen LogP contribution in [-0.4, -0.2) is 29.9 Å². The van der Waals surface area contributed by atoms with Crippen LogP contribution in [0.2, 0.25) is 0 Å². The van der Waals surface area contributed by atoms with E-state index in [2.05, 4.69) is 10.3 Å². The number of nitrogens with zero attached hydrogens (tertiary/aromatic N) is 1. The van der Waals surface area contributed by atoms with Crippen molar-refractivity contribution >= 4 is 17.4 Å². The van der Waals surface area contributed by atoms with Crippen molar-refractivity contribution in [1.82, 2.24) is 4.98 Å². The molecule has 1 aromatic rings. The summed E-state index contributed by atoms with van der Waals surface area (Å²) in [5.41, 5.74) is 1.13. The quantitative estimate of drug-likeness (QED) is 0.630. The zero-order chi connectivity index (χ0) is 14.4. The Morgan fingerprint density at radius 2 is 2.05 bits per heavy atom. The summed E-state index contributed by atoms with van der Waals surface area (Å²) < 4.78 is 4.75. The molecule has 0 spiro atoms. The number of ketones is 1. The van der Waals surface area contributed by atoms with E-state index in [-0.39, 0.29) is 17.7 Å². The van der Waals surface area contributed by atoms with Crippen molar-refractivity contribution in [3.05, 3.63) is 24.0 Å². The molecule has 0 aliphatic heterocycles. The van der Waals surface area contributed by atoms with Crippen molar-refractivity contribution in [2.75, 3.05) is 12.4 Å². The van der Waals surface area contributed by atoms with Crippen LogP contribution in [0.4, 0.5) is 5.69 Å². The fraction of sp³-hybridized carbons (Fsp3) is 0.500. The van der Waals surface area contributed by atoms with Gasteiger partial charge in [0.1, 0.15) is 11.7 Å². The average Bonchev–Trinajstić information content (AvgIpc) is 2.43. The first-order valence-corrected chi connectivity index (χ1v) is 6.33. The number of carbonyl (C=O) groups excluding carboxylic acids is 2. The predicted molar refractivity (Wildman–Crippen MR) is 73.1 cm³/mol. The molecule has 1 N–H and O–H groups in total. The summed E-state index contributed by atoms with van der Waals surface area (Å²) in [6, 6.07) is 2.97. The second-order valence-electron chi connectivity index (χ2n) is 4.60. The molecular formula is C14H20N2O3. The highest BCUT2D eigenvalue weighted by Gasteiger charge is 2.22. The van der Waals surface area contributed by atoms with Gasteiger partial charge < -0.3 is 10.1 Å². The van der Waals surface area contributed by atoms with Crippen LogP contribution in [0.3, 0.4) is 0 Å². The van der Waals surface area contributed by atoms with E-state index in [0.717, 1.165) is 0 Å². The van der Waals surface area contributed by atoms with Crippen LogP contribution in [0, 0.1) is 5.92 Å². The number of pyridine rings is 1. The number of carbonyl (C=O) groups is 2. The van der Waals surface area contributed by atoms with E-state index >= 15 is 0 Å². The lowest BCUT2D eigenvalue weighted by Crippen LogP contribution is -2.35. The summed E-state index contributed by atoms with van der Waals surface area (Å²) in [7, 11) is 1.36. The Kier molecular flexibility index (Phi) is 5.48. The largest absolute Gasteiger partial charge is 0.467 e. The third-order valence-electron chi connectivity index (χ3n) is 2.81. The van der Waals surface area contributed by atoms with Gasteiger partial charge >= 0.3 is 5.97 Å². The van der Waals surface area contributed by atoms with E-state index in [4.69, 9.17) is 4.74 Å². The SMILES string of the molecule is CCC(=O)c1ccc(NC(C(=O)OC)C(C)C)cn1. The first kappa shape index (κ1) is 15.1. The second kappa shape index (κ2) is 6.87. The molecule has 0 amide bonds. The number of anilines is 1. The summed E-state index contributed by atoms with van der Waals surface area (Å²) in [6.07, 6.45) is 1.98. The molecule has 0 aromatic carbocycles. The first-order valence-electron chi connectivity index (χ1n) is 6.33. The normalized spacial score (nSPS) is 12.1. The minimum absolute atomic E-state index is 0.0000671. The van der Waals surface area contributed by atoms with Gasteiger partial charge in [0.25, 0.3) is 0 Å². The molecule has 0 saturated carbocycles. The van der Waals surface area contributed by atoms with E-state index in [1.54, 1.807) is 25.3 Å². The van der Waals surface area contributed by atoms with Crippen molar-refractivity contribution in [2.45, 2.75) is 33.2 Å². The highest BCUT2D eigenvalue weighted by Crippen LogP contribution is 2.14. The number of esters is 1. The average molecular weight is 264 g/mol. The monoisotopic (exact) mass is 264 g/mol. The summed E-state index contributed by atoms with van der Waals surface area (Å²) in [5.74, 6) is -0.229. The van der Waals surface area contributed by atoms with Gasteiger partial charge in [0.05, 0.1) is 19.0 Å². The molecule has 5 heteroatoms. The molecule has 0 bridgehead atoms. The maximum atomic E-state index is 11.6. The maximum Gasteiger partial charge on any atom is 0.328 e. The second-order valence-corrected chi connectivity index (χ2v) is 4.60. The van der Waals surface area contributed by atoms with Gasteiger partial charge in [-0.15, -0.1) is 0 Å². The Morgan fingerprint density at radius 1 is 1.37 bits per heavy atom. The van der Waals surface area contributed by atoms with Gasteiger partial charge in [0, 0.05) is 6.42 Å². The molecule has 5 nitrogen and oxygen atoms in total. The maximum absolute atomic E-state index is 11.6. The molecule has 104 valence electrons. The lowest BCUT2D eigenvalue weighted by Gasteiger charge is -2.20. The fourth-order valence-electron chi connectivity index (χ4n) is 1.63. The van der Waals surface area contributed by atoms with E-state index < -0.39 is 6.04 Å². The van der Waals surface area contributed by atoms with Gasteiger partial charge in [0.15, 0.2) is 5.78 Å². The van der Waals surface area contributed by atoms with Crippen molar-refractivity contribution in [3.8, 4) is 0 Å². The third-order valence-corrected chi connectivity index (χ3v) is 2.81. The minimum atomic E-state index is -0.431. The van der Waals surface area contributed by atoms with Crippen LogP contribution < -0.4 is 5.32 Å². The molecule has 0 fully saturated rings. The lowest BCUT2D eigenvalue weighted by molar-refractivity contribution is -0.142. The Labute approximate surface area is 113 Å². The molecule has 0 aliphatic carbocycles. The van der Waals surface area contributed by atoms with Crippen LogP contribution in [-0.2, 0) is 9.53 Å². The van der Waals surface area contributed by atoms with Crippen molar-refractivity contribution in [3.63, 3.8) is 0 Å². The Hall–Kier alpha value is -1.91. The van der Waals surface area contributed by atoms with Gasteiger partial charge in [-0.25, -0.2) is 4.79 Å². The lowest BCUT2D eigenvalue weighted by atomic mass is 10.0. The van der Waals surface area contributed by atoms with Crippen LogP contribution in [0.5, 0.6) is 0 Å². The summed E-state index contributed by atoms with van der Waals surface area (Å²) in [4.78, 5) is 27.2. The molecule has 1 atom stereocenters. The highest BCUT2D eigenvalue weighted by molar-refractivity contribution is 5.94. The van der Waals surface area contributed by atoms with Gasteiger partial charge in [0.2, 0.25) is 0 Å². The number of aromatic nitrogens is 1. The standard InChI is InChI=1S/C14H20N2O3/c1-5-12(17)11-7-6-10(8-15-11)16-13(9(2)3)14(18)19-4/h6-9,13,16H,5H2,1-4H3. The Balaban J connectivity index is 2.81. The molecule has 19 heavy (non-hydrogen) atoms. The van der Waals surface area contributed by atoms with Gasteiger partial charge in [-0.3, -0.25) is 9.78 Å². The fourth-order valence-corrected chi connectivity index (χ4v) is 1.63. The van der Waals surface area contributed by atoms with Crippen molar-refractivity contribution < 1.29 is 14.3 Å². The summed E-state index contributed by atoms with van der Waals surface area (Å²) >= 11 is 0. The summed E-state index contributed by atoms with van der Waals surface area (Å²) in [6.45, 7) is 5.65. The van der Waals surface area contributed by atoms with E-state index in [1.165, 1.54) is 7.11 Å². The van der Waals surface area contributed by atoms with Crippen molar-refractivity contribution in [1.29, 1.82) is 0 Å². The number of nitrogens with one attached hydrogen (secondary N) is 1. The van der Waals surface area contributed by atoms with E-state index in [1.807, 2.05) is 13.8 Å². The van der Waals surface area contributed by atoms with Crippen LogP contribution in [0.1, 0.15) is 37.7 Å². The topological polar surface area (TPSA) is 68.3 Å². The Morgan fingerprint density at radius 3 is 2.47 bits per heavy atom. The Bertz CT molecular complexity index is 441. The summed E-state index contributed by atoms with van der Waals surface area (Å²) in [5, 5.41) is 3.06. The van der Waals surface area contributed by atoms with Crippen LogP contribution >= 0.6 is 0 Å². The zero-order valence-electron chi connectivity index (χ0n) is 11.8. The molecule has 0 aliphatic rings. The smallest absolute Gasteiger partial charge is 0.328 e. The van der Waals surface area contributed by atoms with Gasteiger partial charge in [-0.05, 0) is 18.1 Å². The molecule has 1 heterocycles. The first-order chi connectivity index (χ1) is 8.99. The number of methoxy groups -OCH3 is 1. The molecule has 1 unspecified atom stereocenters. The third kappa shape index (κ3) is 4.05. The number of ether oxygens (including phenoxy) is 1. The predicted octanol–water partition coefficient (Wildman–Crippen LogP) is 2.28. The highest BCUT2D eigenvalue weighted by atomic mass is 16.5. The molecule has 1 rings (SSSR count). The number of hydrogen-bond acceptors (Lipinski definition) is 5. The molecule has 0 saturated heterocycles. The van der Waals surface area contributed by atoms with Crippen LogP contribution in [0.25, 0.3) is 0 Å². The van der Waals surface area contributed by atoms with Crippen LogP contribution in [0.15, 0.2) is 18.3 Å².